The van der Waals surface area contributed by atoms with E-state index in [0.717, 1.165) is 13.0 Å². The predicted octanol–water partition coefficient (Wildman–Crippen LogP) is 0.368. The first-order valence-corrected chi connectivity index (χ1v) is 4.34. The van der Waals surface area contributed by atoms with Gasteiger partial charge in [0.05, 0.1) is 5.92 Å². The van der Waals surface area contributed by atoms with Crippen LogP contribution in [0, 0.1) is 5.92 Å². The van der Waals surface area contributed by atoms with Gasteiger partial charge in [-0.1, -0.05) is 12.2 Å². The summed E-state index contributed by atoms with van der Waals surface area (Å²) in [5.74, 6) is 0.201. The summed E-state index contributed by atoms with van der Waals surface area (Å²) in [4.78, 5) is 13.3. The van der Waals surface area contributed by atoms with Gasteiger partial charge in [0.25, 0.3) is 0 Å². The van der Waals surface area contributed by atoms with Crippen LogP contribution in [0.15, 0.2) is 12.2 Å². The summed E-state index contributed by atoms with van der Waals surface area (Å²) in [6.45, 7) is 2.73. The summed E-state index contributed by atoms with van der Waals surface area (Å²) in [5, 5.41) is 0. The molecule has 0 fully saturated rings. The Balaban J connectivity index is 2.49. The van der Waals surface area contributed by atoms with Crippen molar-refractivity contribution < 1.29 is 4.79 Å². The van der Waals surface area contributed by atoms with Crippen LogP contribution in [0.4, 0.5) is 0 Å². The standard InChI is InChI=1S/C9H16N2O/c1-3-11(2)9(12)7-4-5-8(10)6-7/h4-5,7-8H,3,6,10H2,1-2H3. The zero-order valence-electron chi connectivity index (χ0n) is 7.66. The minimum atomic E-state index is 0.0185. The van der Waals surface area contributed by atoms with Crippen LogP contribution in [-0.4, -0.2) is 30.4 Å². The monoisotopic (exact) mass is 168 g/mol. The third-order valence-corrected chi connectivity index (χ3v) is 2.28. The molecule has 0 aromatic rings. The third-order valence-electron chi connectivity index (χ3n) is 2.28. The molecule has 0 radical (unpaired) electrons. The molecule has 3 heteroatoms. The van der Waals surface area contributed by atoms with Crippen LogP contribution in [-0.2, 0) is 4.79 Å². The van der Waals surface area contributed by atoms with Crippen LogP contribution >= 0.6 is 0 Å². The first-order valence-electron chi connectivity index (χ1n) is 4.34. The van der Waals surface area contributed by atoms with Gasteiger partial charge in [-0.3, -0.25) is 4.79 Å². The number of hydrogen-bond donors (Lipinski definition) is 1. The maximum Gasteiger partial charge on any atom is 0.229 e. The fourth-order valence-electron chi connectivity index (χ4n) is 1.35. The van der Waals surface area contributed by atoms with Crippen molar-refractivity contribution in [2.75, 3.05) is 13.6 Å². The smallest absolute Gasteiger partial charge is 0.229 e. The molecule has 1 rings (SSSR count). The van der Waals surface area contributed by atoms with Crippen molar-refractivity contribution >= 4 is 5.91 Å². The van der Waals surface area contributed by atoms with Gasteiger partial charge in [-0.15, -0.1) is 0 Å². The topological polar surface area (TPSA) is 46.3 Å². The van der Waals surface area contributed by atoms with Gasteiger partial charge in [0.1, 0.15) is 0 Å². The Bertz CT molecular complexity index is 201. The van der Waals surface area contributed by atoms with Crippen LogP contribution in [0.1, 0.15) is 13.3 Å². The molecule has 0 heterocycles. The summed E-state index contributed by atoms with van der Waals surface area (Å²) in [6, 6.07) is 0.0733. The molecular formula is C9H16N2O. The van der Waals surface area contributed by atoms with Crippen molar-refractivity contribution in [1.29, 1.82) is 0 Å². The highest BCUT2D eigenvalue weighted by Crippen LogP contribution is 2.18. The molecule has 68 valence electrons. The highest BCUT2D eigenvalue weighted by molar-refractivity contribution is 5.80. The van der Waals surface area contributed by atoms with E-state index in [-0.39, 0.29) is 17.9 Å². The van der Waals surface area contributed by atoms with Crippen LogP contribution in [0.3, 0.4) is 0 Å². The molecule has 1 aliphatic carbocycles. The Hall–Kier alpha value is -0.830. The minimum Gasteiger partial charge on any atom is -0.346 e. The van der Waals surface area contributed by atoms with Gasteiger partial charge in [0.15, 0.2) is 0 Å². The molecule has 0 saturated carbocycles. The average Bonchev–Trinajstić information content (AvgIpc) is 2.49. The number of carbonyl (C=O) groups excluding carboxylic acids is 1. The van der Waals surface area contributed by atoms with Gasteiger partial charge < -0.3 is 10.6 Å². The minimum absolute atomic E-state index is 0.0185. The van der Waals surface area contributed by atoms with Crippen LogP contribution < -0.4 is 5.73 Å². The van der Waals surface area contributed by atoms with Crippen LogP contribution in [0.2, 0.25) is 0 Å². The number of carbonyl (C=O) groups is 1. The van der Waals surface area contributed by atoms with Crippen LogP contribution in [0.5, 0.6) is 0 Å². The molecule has 0 bridgehead atoms. The number of nitrogens with two attached hydrogens (primary N) is 1. The van der Waals surface area contributed by atoms with Gasteiger partial charge in [-0.05, 0) is 13.3 Å². The largest absolute Gasteiger partial charge is 0.346 e. The summed E-state index contributed by atoms with van der Waals surface area (Å²) in [5.41, 5.74) is 5.65. The zero-order chi connectivity index (χ0) is 9.14. The van der Waals surface area contributed by atoms with Gasteiger partial charge >= 0.3 is 0 Å². The second-order valence-corrected chi connectivity index (χ2v) is 3.24. The van der Waals surface area contributed by atoms with E-state index in [2.05, 4.69) is 0 Å². The lowest BCUT2D eigenvalue weighted by Gasteiger charge is -2.18. The van der Waals surface area contributed by atoms with E-state index in [4.69, 9.17) is 5.73 Å². The molecule has 0 aliphatic heterocycles. The molecule has 0 saturated heterocycles. The predicted molar refractivity (Wildman–Crippen MR) is 48.5 cm³/mol. The Kier molecular flexibility index (Phi) is 2.87. The van der Waals surface area contributed by atoms with E-state index < -0.39 is 0 Å². The van der Waals surface area contributed by atoms with E-state index in [1.807, 2.05) is 26.1 Å². The van der Waals surface area contributed by atoms with E-state index in [9.17, 15) is 4.79 Å². The van der Waals surface area contributed by atoms with Crippen molar-refractivity contribution in [3.8, 4) is 0 Å². The maximum absolute atomic E-state index is 11.5. The number of hydrogen-bond acceptors (Lipinski definition) is 2. The highest BCUT2D eigenvalue weighted by atomic mass is 16.2. The van der Waals surface area contributed by atoms with Gasteiger partial charge in [-0.25, -0.2) is 0 Å². The molecule has 3 nitrogen and oxygen atoms in total. The fourth-order valence-corrected chi connectivity index (χ4v) is 1.35. The molecule has 2 unspecified atom stereocenters. The van der Waals surface area contributed by atoms with E-state index >= 15 is 0 Å². The third kappa shape index (κ3) is 1.85. The maximum atomic E-state index is 11.5. The molecule has 0 aromatic heterocycles. The van der Waals surface area contributed by atoms with E-state index in [1.165, 1.54) is 0 Å². The molecule has 0 spiro atoms. The number of rotatable bonds is 2. The lowest BCUT2D eigenvalue weighted by molar-refractivity contribution is -0.132. The lowest BCUT2D eigenvalue weighted by Crippen LogP contribution is -2.32. The van der Waals surface area contributed by atoms with E-state index in [1.54, 1.807) is 4.90 Å². The average molecular weight is 168 g/mol. The molecule has 1 amide bonds. The SMILES string of the molecule is CCN(C)C(=O)C1C=CC(N)C1. The van der Waals surface area contributed by atoms with Crippen molar-refractivity contribution in [1.82, 2.24) is 4.90 Å². The fraction of sp³-hybridized carbons (Fsp3) is 0.667. The van der Waals surface area contributed by atoms with Crippen molar-refractivity contribution in [2.45, 2.75) is 19.4 Å². The van der Waals surface area contributed by atoms with Gasteiger partial charge in [0, 0.05) is 19.6 Å². The normalized spacial score (nSPS) is 27.6. The number of amides is 1. The first-order chi connectivity index (χ1) is 5.65. The quantitative estimate of drug-likeness (QED) is 0.605. The Morgan fingerprint density at radius 3 is 2.75 bits per heavy atom. The van der Waals surface area contributed by atoms with E-state index in [0.29, 0.717) is 0 Å². The second-order valence-electron chi connectivity index (χ2n) is 3.24. The Labute approximate surface area is 73.2 Å². The Morgan fingerprint density at radius 2 is 2.33 bits per heavy atom. The summed E-state index contributed by atoms with van der Waals surface area (Å²) in [7, 11) is 1.82. The zero-order valence-corrected chi connectivity index (χ0v) is 7.66. The molecule has 2 N–H and O–H groups in total. The van der Waals surface area contributed by atoms with Crippen LogP contribution in [0.25, 0.3) is 0 Å². The summed E-state index contributed by atoms with van der Waals surface area (Å²) < 4.78 is 0. The van der Waals surface area contributed by atoms with Gasteiger partial charge in [0.2, 0.25) is 5.91 Å². The van der Waals surface area contributed by atoms with Crippen molar-refractivity contribution in [3.63, 3.8) is 0 Å². The molecule has 0 aromatic carbocycles. The molecule has 2 atom stereocenters. The van der Waals surface area contributed by atoms with Crippen molar-refractivity contribution in [2.24, 2.45) is 11.7 Å². The highest BCUT2D eigenvalue weighted by Gasteiger charge is 2.24. The lowest BCUT2D eigenvalue weighted by atomic mass is 10.1. The van der Waals surface area contributed by atoms with Gasteiger partial charge in [-0.2, -0.15) is 0 Å². The molecular weight excluding hydrogens is 152 g/mol. The first kappa shape index (κ1) is 9.26. The summed E-state index contributed by atoms with van der Waals surface area (Å²) in [6.07, 6.45) is 4.59. The Morgan fingerprint density at radius 1 is 1.67 bits per heavy atom. The van der Waals surface area contributed by atoms with Crippen molar-refractivity contribution in [3.05, 3.63) is 12.2 Å². The molecule has 12 heavy (non-hydrogen) atoms. The number of nitrogens with zero attached hydrogens (tertiary/aromatic N) is 1. The molecule has 1 aliphatic rings. The summed E-state index contributed by atoms with van der Waals surface area (Å²) >= 11 is 0. The second kappa shape index (κ2) is 3.72.